The van der Waals surface area contributed by atoms with Crippen LogP contribution in [0.5, 0.6) is 0 Å². The van der Waals surface area contributed by atoms with E-state index in [1.54, 1.807) is 6.07 Å². The molecule has 2 aromatic heterocycles. The van der Waals surface area contributed by atoms with Gasteiger partial charge in [-0.05, 0) is 56.2 Å². The second-order valence-corrected chi connectivity index (χ2v) is 11.5. The smallest absolute Gasteiger partial charge is 0.129 e. The molecule has 4 fully saturated rings. The minimum Gasteiger partial charge on any atom is -0.368 e. The highest BCUT2D eigenvalue weighted by Crippen LogP contribution is 2.33. The van der Waals surface area contributed by atoms with Gasteiger partial charge in [0.15, 0.2) is 0 Å². The van der Waals surface area contributed by atoms with Crippen molar-refractivity contribution in [1.29, 1.82) is 5.26 Å². The third kappa shape index (κ3) is 4.10. The van der Waals surface area contributed by atoms with Gasteiger partial charge in [0.2, 0.25) is 0 Å². The molecule has 4 saturated heterocycles. The van der Waals surface area contributed by atoms with E-state index in [1.165, 1.54) is 12.0 Å². The Labute approximate surface area is 226 Å². The van der Waals surface area contributed by atoms with Crippen LogP contribution in [0.25, 0.3) is 10.9 Å². The summed E-state index contributed by atoms with van der Waals surface area (Å²) in [6.07, 6.45) is 1.43. The summed E-state index contributed by atoms with van der Waals surface area (Å²) in [5.41, 5.74) is 4.75. The van der Waals surface area contributed by atoms with E-state index in [2.05, 4.69) is 68.0 Å². The molecule has 0 radical (unpaired) electrons. The molecule has 4 aliphatic rings. The molecule has 0 spiro atoms. The van der Waals surface area contributed by atoms with Crippen LogP contribution in [0.4, 0.5) is 11.5 Å². The monoisotopic (exact) mass is 509 g/mol. The van der Waals surface area contributed by atoms with Crippen LogP contribution < -0.4 is 15.1 Å². The second kappa shape index (κ2) is 9.49. The Morgan fingerprint density at radius 1 is 1.11 bits per heavy atom. The van der Waals surface area contributed by atoms with Gasteiger partial charge in [0, 0.05) is 99.5 Å². The molecule has 196 valence electrons. The van der Waals surface area contributed by atoms with E-state index in [4.69, 9.17) is 6.35 Å². The first-order valence-electron chi connectivity index (χ1n) is 14.5. The maximum Gasteiger partial charge on any atom is 0.129 e. The summed E-state index contributed by atoms with van der Waals surface area (Å²) in [6, 6.07) is 16.5. The third-order valence-electron chi connectivity index (χ3n) is 9.18. The lowest BCUT2D eigenvalue weighted by atomic mass is 10.0. The fourth-order valence-corrected chi connectivity index (χ4v) is 7.23. The molecule has 8 nitrogen and oxygen atoms in total. The zero-order valence-electron chi connectivity index (χ0n) is 23.3. The maximum atomic E-state index is 9.60. The number of nitrogens with zero attached hydrogens (tertiary/aromatic N) is 7. The van der Waals surface area contributed by atoms with E-state index < -0.39 is 0 Å². The Balaban J connectivity index is 1.08. The van der Waals surface area contributed by atoms with Crippen molar-refractivity contribution < 1.29 is 1.37 Å². The Kier molecular flexibility index (Phi) is 5.67. The van der Waals surface area contributed by atoms with Crippen molar-refractivity contribution in [2.24, 2.45) is 0 Å². The van der Waals surface area contributed by atoms with Crippen LogP contribution in [0.2, 0.25) is 0 Å². The fourth-order valence-electron chi connectivity index (χ4n) is 7.23. The Morgan fingerprint density at radius 3 is 2.82 bits per heavy atom. The molecule has 0 aliphatic carbocycles. The molecule has 2 bridgehead atoms. The lowest BCUT2D eigenvalue weighted by Crippen LogP contribution is -2.65. The number of anilines is 2. The SMILES string of the molecule is [2H]c1ccc2c(N3C[C@@H]4CN(Cc5ccc(N6C[C@@H]7C[C@H]6CN7)nc5C)CCN4[C@H](C)C3)ccc(C#N)c2n1. The van der Waals surface area contributed by atoms with Crippen molar-refractivity contribution >= 4 is 22.4 Å². The molecule has 4 atom stereocenters. The molecule has 0 amide bonds. The van der Waals surface area contributed by atoms with Crippen LogP contribution in [-0.4, -0.2) is 89.7 Å². The number of piperazine rings is 3. The van der Waals surface area contributed by atoms with E-state index >= 15 is 0 Å². The second-order valence-electron chi connectivity index (χ2n) is 11.5. The maximum absolute atomic E-state index is 9.60. The summed E-state index contributed by atoms with van der Waals surface area (Å²) in [7, 11) is 0. The van der Waals surface area contributed by atoms with Crippen LogP contribution in [0, 0.1) is 18.3 Å². The zero-order chi connectivity index (χ0) is 26.7. The molecule has 8 heteroatoms. The lowest BCUT2D eigenvalue weighted by molar-refractivity contribution is 0.0316. The molecule has 0 saturated carbocycles. The summed E-state index contributed by atoms with van der Waals surface area (Å²) in [5, 5.41) is 14.1. The predicted octanol–water partition coefficient (Wildman–Crippen LogP) is 2.76. The van der Waals surface area contributed by atoms with Crippen molar-refractivity contribution in [3.8, 4) is 6.07 Å². The van der Waals surface area contributed by atoms with Gasteiger partial charge in [0.25, 0.3) is 0 Å². The van der Waals surface area contributed by atoms with Crippen LogP contribution in [-0.2, 0) is 6.54 Å². The highest BCUT2D eigenvalue weighted by molar-refractivity contribution is 5.95. The van der Waals surface area contributed by atoms with Crippen molar-refractivity contribution in [1.82, 2.24) is 25.1 Å². The number of aromatic nitrogens is 2. The standard InChI is InChI=1S/C30H36N8/c1-20-15-36(28-7-5-22(13-31)30-27(28)4-3-9-32-30)19-26-18-35(10-11-37(20)26)16-23-6-8-29(34-21(23)2)38-17-24-12-25(38)14-33-24/h3-9,20,24-26,33H,10-12,14-19H2,1-2H3/t20-,24+,25+,26+/m1/s1/i9D. The molecule has 1 N–H and O–H groups in total. The lowest BCUT2D eigenvalue weighted by Gasteiger charge is -2.51. The molecule has 0 unspecified atom stereocenters. The number of pyridine rings is 2. The molecule has 7 rings (SSSR count). The highest BCUT2D eigenvalue weighted by Gasteiger charge is 2.39. The van der Waals surface area contributed by atoms with E-state index in [-0.39, 0.29) is 6.17 Å². The Bertz CT molecular complexity index is 1450. The van der Waals surface area contributed by atoms with Crippen LogP contribution in [0.1, 0.15) is 31.5 Å². The number of aryl methyl sites for hydroxylation is 1. The number of nitrogens with one attached hydrogen (secondary N) is 1. The molecule has 38 heavy (non-hydrogen) atoms. The van der Waals surface area contributed by atoms with E-state index in [1.807, 2.05) is 12.1 Å². The molecule has 1 aromatic carbocycles. The van der Waals surface area contributed by atoms with Gasteiger partial charge < -0.3 is 15.1 Å². The van der Waals surface area contributed by atoms with E-state index in [9.17, 15) is 5.26 Å². The minimum atomic E-state index is 0.194. The summed E-state index contributed by atoms with van der Waals surface area (Å²) in [6.45, 7) is 12.6. The van der Waals surface area contributed by atoms with Crippen molar-refractivity contribution in [3.63, 3.8) is 0 Å². The molecule has 4 aliphatic heterocycles. The van der Waals surface area contributed by atoms with Gasteiger partial charge in [-0.2, -0.15) is 5.26 Å². The molecule has 6 heterocycles. The summed E-state index contributed by atoms with van der Waals surface area (Å²) in [5.74, 6) is 1.13. The summed E-state index contributed by atoms with van der Waals surface area (Å²) >= 11 is 0. The first-order chi connectivity index (χ1) is 19.0. The van der Waals surface area contributed by atoms with Gasteiger partial charge in [0.1, 0.15) is 11.9 Å². The first-order valence-corrected chi connectivity index (χ1v) is 14.0. The van der Waals surface area contributed by atoms with Gasteiger partial charge in [-0.1, -0.05) is 6.07 Å². The number of benzene rings is 1. The average molecular weight is 510 g/mol. The van der Waals surface area contributed by atoms with Gasteiger partial charge in [-0.3, -0.25) is 14.8 Å². The quantitative estimate of drug-likeness (QED) is 0.576. The van der Waals surface area contributed by atoms with Crippen LogP contribution in [0.3, 0.4) is 0 Å². The summed E-state index contributed by atoms with van der Waals surface area (Å²) < 4.78 is 7.96. The number of rotatable bonds is 4. The number of hydrogen-bond donors (Lipinski definition) is 1. The van der Waals surface area contributed by atoms with Gasteiger partial charge in [0.05, 0.1) is 12.5 Å². The van der Waals surface area contributed by atoms with Crippen molar-refractivity contribution in [2.75, 3.05) is 55.6 Å². The number of hydrogen-bond acceptors (Lipinski definition) is 8. The van der Waals surface area contributed by atoms with Gasteiger partial charge in [-0.25, -0.2) is 4.98 Å². The van der Waals surface area contributed by atoms with E-state index in [0.29, 0.717) is 35.2 Å². The highest BCUT2D eigenvalue weighted by atomic mass is 15.4. The first kappa shape index (κ1) is 22.7. The van der Waals surface area contributed by atoms with Crippen LogP contribution >= 0.6 is 0 Å². The van der Waals surface area contributed by atoms with Crippen molar-refractivity contribution in [2.45, 2.75) is 51.0 Å². The molecular weight excluding hydrogens is 472 g/mol. The topological polar surface area (TPSA) is 74.6 Å². The number of nitriles is 1. The largest absolute Gasteiger partial charge is 0.368 e. The number of fused-ring (bicyclic) bond motifs is 4. The third-order valence-corrected chi connectivity index (χ3v) is 9.18. The van der Waals surface area contributed by atoms with E-state index in [0.717, 1.165) is 74.9 Å². The predicted molar refractivity (Wildman–Crippen MR) is 150 cm³/mol. The van der Waals surface area contributed by atoms with Gasteiger partial charge in [-0.15, -0.1) is 0 Å². The fraction of sp³-hybridized carbons (Fsp3) is 0.500. The van der Waals surface area contributed by atoms with Gasteiger partial charge >= 0.3 is 0 Å². The van der Waals surface area contributed by atoms with Crippen LogP contribution in [0.15, 0.2) is 42.6 Å². The summed E-state index contributed by atoms with van der Waals surface area (Å²) in [4.78, 5) is 19.7. The molecular formula is C30H36N8. The average Bonchev–Trinajstić information content (AvgIpc) is 3.57. The Morgan fingerprint density at radius 2 is 2.03 bits per heavy atom. The zero-order valence-corrected chi connectivity index (χ0v) is 22.3. The minimum absolute atomic E-state index is 0.194. The molecule has 3 aromatic rings. The Hall–Kier alpha value is -3.25. The normalized spacial score (nSPS) is 28.0. The van der Waals surface area contributed by atoms with Crippen molar-refractivity contribution in [3.05, 3.63) is 59.4 Å².